The molecule has 0 radical (unpaired) electrons. The summed E-state index contributed by atoms with van der Waals surface area (Å²) in [6.45, 7) is 7.78. The summed E-state index contributed by atoms with van der Waals surface area (Å²) in [5.74, 6) is 0. The van der Waals surface area contributed by atoms with E-state index in [-0.39, 0.29) is 5.54 Å². The molecule has 0 N–H and O–H groups in total. The van der Waals surface area contributed by atoms with Crippen LogP contribution in [-0.4, -0.2) is 35.1 Å². The first kappa shape index (κ1) is 13.5. The van der Waals surface area contributed by atoms with Crippen molar-refractivity contribution in [3.8, 4) is 0 Å². The van der Waals surface area contributed by atoms with Gasteiger partial charge in [0.15, 0.2) is 0 Å². The van der Waals surface area contributed by atoms with Crippen LogP contribution in [0.5, 0.6) is 0 Å². The van der Waals surface area contributed by atoms with Crippen molar-refractivity contribution in [2.24, 2.45) is 4.99 Å². The van der Waals surface area contributed by atoms with Gasteiger partial charge in [0, 0.05) is 18.8 Å². The van der Waals surface area contributed by atoms with Crippen molar-refractivity contribution in [3.63, 3.8) is 0 Å². The van der Waals surface area contributed by atoms with Crippen LogP contribution in [0.25, 0.3) is 0 Å². The second-order valence-electron chi connectivity index (χ2n) is 2.88. The van der Waals surface area contributed by atoms with Gasteiger partial charge in [0.1, 0.15) is 0 Å². The molecule has 0 aromatic carbocycles. The van der Waals surface area contributed by atoms with Gasteiger partial charge in [-0.1, -0.05) is 6.92 Å². The Bertz CT molecular complexity index is 177. The Morgan fingerprint density at radius 2 is 1.86 bits per heavy atom. The Kier molecular flexibility index (Phi) is 8.77. The molecule has 14 heavy (non-hydrogen) atoms. The lowest BCUT2D eigenvalue weighted by Gasteiger charge is -2.21. The Hall–Kier alpha value is -0.483. The van der Waals surface area contributed by atoms with E-state index in [4.69, 9.17) is 8.85 Å². The quantitative estimate of drug-likeness (QED) is 0.351. The van der Waals surface area contributed by atoms with E-state index < -0.39 is 9.28 Å². The molecule has 1 unspecified atom stereocenters. The van der Waals surface area contributed by atoms with Gasteiger partial charge in [-0.25, -0.2) is 9.79 Å². The fourth-order valence-corrected chi connectivity index (χ4v) is 3.17. The molecule has 0 saturated carbocycles. The van der Waals surface area contributed by atoms with Crippen molar-refractivity contribution in [1.29, 1.82) is 0 Å². The number of hydrogen-bond acceptors (Lipinski definition) is 4. The maximum absolute atomic E-state index is 10.0. The van der Waals surface area contributed by atoms with Crippen LogP contribution in [0, 0.1) is 0 Å². The van der Waals surface area contributed by atoms with Crippen LogP contribution >= 0.6 is 0 Å². The van der Waals surface area contributed by atoms with E-state index in [2.05, 4.69) is 11.9 Å². The molecular formula is C9H19NO3Si. The number of rotatable bonds is 8. The molecule has 0 rings (SSSR count). The van der Waals surface area contributed by atoms with E-state index >= 15 is 0 Å². The summed E-state index contributed by atoms with van der Waals surface area (Å²) < 4.78 is 11.1. The van der Waals surface area contributed by atoms with Gasteiger partial charge in [0.05, 0.1) is 6.54 Å². The Balaban J connectivity index is 4.16. The second kappa shape index (κ2) is 9.09. The van der Waals surface area contributed by atoms with E-state index in [1.165, 1.54) is 0 Å². The van der Waals surface area contributed by atoms with Crippen molar-refractivity contribution in [3.05, 3.63) is 0 Å². The zero-order valence-electron chi connectivity index (χ0n) is 9.16. The van der Waals surface area contributed by atoms with Crippen LogP contribution in [0.1, 0.15) is 27.2 Å². The predicted molar refractivity (Wildman–Crippen MR) is 57.4 cm³/mol. The Labute approximate surface area is 87.2 Å². The van der Waals surface area contributed by atoms with Gasteiger partial charge in [-0.3, -0.25) is 0 Å². The molecule has 0 aliphatic rings. The lowest BCUT2D eigenvalue weighted by Crippen LogP contribution is -2.30. The number of carbonyl (C=O) groups excluding carboxylic acids is 1. The summed E-state index contributed by atoms with van der Waals surface area (Å²) in [5.41, 5.74) is 0.274. The van der Waals surface area contributed by atoms with Gasteiger partial charge in [-0.05, 0) is 20.3 Å². The largest absolute Gasteiger partial charge is 0.397 e. The maximum Gasteiger partial charge on any atom is 0.326 e. The summed E-state index contributed by atoms with van der Waals surface area (Å²) in [7, 11) is -1.65. The lowest BCUT2D eigenvalue weighted by molar-refractivity contribution is 0.203. The minimum atomic E-state index is -1.65. The monoisotopic (exact) mass is 217 g/mol. The normalized spacial score (nSPS) is 12.6. The van der Waals surface area contributed by atoms with Crippen molar-refractivity contribution in [2.75, 3.05) is 19.8 Å². The summed E-state index contributed by atoms with van der Waals surface area (Å²) in [4.78, 5) is 13.6. The average Bonchev–Trinajstić information content (AvgIpc) is 2.19. The number of hydrogen-bond donors (Lipinski definition) is 0. The molecule has 0 saturated heterocycles. The van der Waals surface area contributed by atoms with Crippen molar-refractivity contribution >= 4 is 15.4 Å². The maximum atomic E-state index is 10.0. The lowest BCUT2D eigenvalue weighted by atomic mass is 10.3. The standard InChI is InChI=1S/C9H19NO3Si/c1-4-9(7-10-8-11)14(12-5-2)13-6-3/h9,14H,4-7H2,1-3H3. The molecule has 0 amide bonds. The number of isocyanates is 1. The number of nitrogens with zero attached hydrogens (tertiary/aromatic N) is 1. The Morgan fingerprint density at radius 1 is 1.29 bits per heavy atom. The summed E-state index contributed by atoms with van der Waals surface area (Å²) in [6.07, 6.45) is 2.49. The zero-order valence-corrected chi connectivity index (χ0v) is 10.3. The first-order valence-electron chi connectivity index (χ1n) is 5.06. The minimum Gasteiger partial charge on any atom is -0.397 e. The molecule has 82 valence electrons. The van der Waals surface area contributed by atoms with Crippen molar-refractivity contribution < 1.29 is 13.6 Å². The smallest absolute Gasteiger partial charge is 0.326 e. The van der Waals surface area contributed by atoms with E-state index in [1.807, 2.05) is 13.8 Å². The van der Waals surface area contributed by atoms with Crippen LogP contribution < -0.4 is 0 Å². The van der Waals surface area contributed by atoms with Crippen molar-refractivity contribution in [1.82, 2.24) is 0 Å². The minimum absolute atomic E-state index is 0.274. The van der Waals surface area contributed by atoms with Crippen molar-refractivity contribution in [2.45, 2.75) is 32.7 Å². The van der Waals surface area contributed by atoms with Gasteiger partial charge in [-0.2, -0.15) is 0 Å². The van der Waals surface area contributed by atoms with Gasteiger partial charge < -0.3 is 8.85 Å². The third-order valence-electron chi connectivity index (χ3n) is 1.96. The van der Waals surface area contributed by atoms with Gasteiger partial charge in [0.25, 0.3) is 0 Å². The molecule has 0 aliphatic heterocycles. The van der Waals surface area contributed by atoms with Gasteiger partial charge in [0.2, 0.25) is 6.08 Å². The van der Waals surface area contributed by atoms with Gasteiger partial charge >= 0.3 is 9.28 Å². The van der Waals surface area contributed by atoms with Crippen LogP contribution in [0.4, 0.5) is 0 Å². The molecule has 0 aliphatic carbocycles. The Morgan fingerprint density at radius 3 is 2.21 bits per heavy atom. The molecule has 0 aromatic rings. The zero-order chi connectivity index (χ0) is 10.8. The van der Waals surface area contributed by atoms with E-state index in [0.717, 1.165) is 6.42 Å². The molecular weight excluding hydrogens is 198 g/mol. The SMILES string of the molecule is CCO[SiH](OCC)C(CC)CN=C=O. The van der Waals surface area contributed by atoms with E-state index in [9.17, 15) is 4.79 Å². The van der Waals surface area contributed by atoms with Crippen LogP contribution in [0.2, 0.25) is 5.54 Å². The molecule has 0 spiro atoms. The highest BCUT2D eigenvalue weighted by molar-refractivity contribution is 6.46. The highest BCUT2D eigenvalue weighted by Crippen LogP contribution is 2.17. The summed E-state index contributed by atoms with van der Waals surface area (Å²) in [5, 5.41) is 0. The molecule has 5 heteroatoms. The topological polar surface area (TPSA) is 47.9 Å². The van der Waals surface area contributed by atoms with Crippen LogP contribution in [0.3, 0.4) is 0 Å². The van der Waals surface area contributed by atoms with E-state index in [1.54, 1.807) is 6.08 Å². The highest BCUT2D eigenvalue weighted by Gasteiger charge is 2.23. The molecule has 0 aromatic heterocycles. The second-order valence-corrected chi connectivity index (χ2v) is 5.23. The summed E-state index contributed by atoms with van der Waals surface area (Å²) >= 11 is 0. The third kappa shape index (κ3) is 5.29. The fraction of sp³-hybridized carbons (Fsp3) is 0.889. The highest BCUT2D eigenvalue weighted by atomic mass is 28.3. The predicted octanol–water partition coefficient (Wildman–Crippen LogP) is 1.40. The third-order valence-corrected chi connectivity index (χ3v) is 4.74. The van der Waals surface area contributed by atoms with E-state index in [0.29, 0.717) is 19.8 Å². The molecule has 0 heterocycles. The molecule has 0 fully saturated rings. The van der Waals surface area contributed by atoms with Crippen LogP contribution in [-0.2, 0) is 13.6 Å². The first-order valence-corrected chi connectivity index (χ1v) is 6.67. The average molecular weight is 217 g/mol. The fourth-order valence-electron chi connectivity index (χ4n) is 1.21. The molecule has 4 nitrogen and oxygen atoms in total. The van der Waals surface area contributed by atoms with Crippen LogP contribution in [0.15, 0.2) is 4.99 Å². The number of aliphatic imine (C=N–C) groups is 1. The first-order chi connectivity index (χ1) is 6.79. The summed E-state index contributed by atoms with van der Waals surface area (Å²) in [6, 6.07) is 0. The molecule has 0 bridgehead atoms. The molecule has 1 atom stereocenters. The van der Waals surface area contributed by atoms with Gasteiger partial charge in [-0.15, -0.1) is 0 Å².